The average molecular weight is 287 g/mol. The molecule has 2 N–H and O–H groups in total. The van der Waals surface area contributed by atoms with Crippen LogP contribution < -0.4 is 10.6 Å². The predicted octanol–water partition coefficient (Wildman–Crippen LogP) is 2.46. The van der Waals surface area contributed by atoms with Crippen molar-refractivity contribution in [2.24, 2.45) is 5.92 Å². The van der Waals surface area contributed by atoms with Gasteiger partial charge in [0, 0.05) is 13.0 Å². The standard InChI is InChI=1S/C12H12Cl2N2O2/c13-8-2-1-3-9(11(8)14)16-12(18)7-4-5-10(17)15-6-7/h1-3,7H,4-6H2,(H,15,17)(H,16,18). The van der Waals surface area contributed by atoms with Gasteiger partial charge in [-0.2, -0.15) is 0 Å². The first-order valence-electron chi connectivity index (χ1n) is 5.59. The maximum Gasteiger partial charge on any atom is 0.229 e. The lowest BCUT2D eigenvalue weighted by Crippen LogP contribution is -2.40. The van der Waals surface area contributed by atoms with Gasteiger partial charge in [0.2, 0.25) is 11.8 Å². The second kappa shape index (κ2) is 5.59. The minimum absolute atomic E-state index is 0.0140. The van der Waals surface area contributed by atoms with Crippen molar-refractivity contribution in [1.29, 1.82) is 0 Å². The van der Waals surface area contributed by atoms with Gasteiger partial charge >= 0.3 is 0 Å². The van der Waals surface area contributed by atoms with Crippen LogP contribution in [0.4, 0.5) is 5.69 Å². The molecule has 0 bridgehead atoms. The normalized spacial score (nSPS) is 19.2. The summed E-state index contributed by atoms with van der Waals surface area (Å²) in [4.78, 5) is 23.0. The summed E-state index contributed by atoms with van der Waals surface area (Å²) in [6.45, 7) is 0.364. The Morgan fingerprint density at radius 1 is 1.39 bits per heavy atom. The number of anilines is 1. The summed E-state index contributed by atoms with van der Waals surface area (Å²) in [5, 5.41) is 6.12. The van der Waals surface area contributed by atoms with E-state index in [1.807, 2.05) is 0 Å². The van der Waals surface area contributed by atoms with Crippen molar-refractivity contribution in [3.63, 3.8) is 0 Å². The first-order valence-corrected chi connectivity index (χ1v) is 6.35. The molecule has 1 saturated heterocycles. The summed E-state index contributed by atoms with van der Waals surface area (Å²) in [5.41, 5.74) is 0.492. The van der Waals surface area contributed by atoms with Gasteiger partial charge in [0.05, 0.1) is 21.7 Å². The van der Waals surface area contributed by atoms with Crippen molar-refractivity contribution < 1.29 is 9.59 Å². The van der Waals surface area contributed by atoms with Gasteiger partial charge in [-0.1, -0.05) is 29.3 Å². The van der Waals surface area contributed by atoms with Crippen molar-refractivity contribution in [2.45, 2.75) is 12.8 Å². The Kier molecular flexibility index (Phi) is 4.09. The highest BCUT2D eigenvalue weighted by atomic mass is 35.5. The van der Waals surface area contributed by atoms with Gasteiger partial charge in [0.1, 0.15) is 0 Å². The monoisotopic (exact) mass is 286 g/mol. The van der Waals surface area contributed by atoms with E-state index < -0.39 is 0 Å². The van der Waals surface area contributed by atoms with Crippen LogP contribution in [0.2, 0.25) is 10.0 Å². The molecule has 96 valence electrons. The van der Waals surface area contributed by atoms with E-state index in [2.05, 4.69) is 10.6 Å². The summed E-state index contributed by atoms with van der Waals surface area (Å²) < 4.78 is 0. The maximum atomic E-state index is 12.0. The highest BCUT2D eigenvalue weighted by Gasteiger charge is 2.24. The molecule has 1 fully saturated rings. The van der Waals surface area contributed by atoms with Crippen LogP contribution in [0.15, 0.2) is 18.2 Å². The Bertz CT molecular complexity index is 481. The van der Waals surface area contributed by atoms with Crippen LogP contribution >= 0.6 is 23.2 Å². The quantitative estimate of drug-likeness (QED) is 0.877. The molecule has 1 aromatic carbocycles. The van der Waals surface area contributed by atoms with Crippen molar-refractivity contribution in [3.8, 4) is 0 Å². The fraction of sp³-hybridized carbons (Fsp3) is 0.333. The van der Waals surface area contributed by atoms with E-state index in [9.17, 15) is 9.59 Å². The molecule has 18 heavy (non-hydrogen) atoms. The number of hydrogen-bond acceptors (Lipinski definition) is 2. The number of benzene rings is 1. The number of hydrogen-bond donors (Lipinski definition) is 2. The van der Waals surface area contributed by atoms with Gasteiger partial charge < -0.3 is 10.6 Å². The lowest BCUT2D eigenvalue weighted by atomic mass is 9.98. The molecule has 0 aliphatic carbocycles. The summed E-state index contributed by atoms with van der Waals surface area (Å²) in [5.74, 6) is -0.392. The van der Waals surface area contributed by atoms with Crippen LogP contribution in [0.25, 0.3) is 0 Å². The molecule has 1 aliphatic rings. The zero-order chi connectivity index (χ0) is 13.1. The van der Waals surface area contributed by atoms with Gasteiger partial charge in [0.25, 0.3) is 0 Å². The molecule has 1 atom stereocenters. The topological polar surface area (TPSA) is 58.2 Å². The number of carbonyl (C=O) groups excluding carboxylic acids is 2. The molecule has 2 amide bonds. The summed E-state index contributed by atoms with van der Waals surface area (Å²) >= 11 is 11.8. The molecule has 1 aromatic rings. The number of nitrogens with one attached hydrogen (secondary N) is 2. The zero-order valence-electron chi connectivity index (χ0n) is 9.50. The Balaban J connectivity index is 2.03. The molecule has 1 aliphatic heterocycles. The lowest BCUT2D eigenvalue weighted by molar-refractivity contribution is -0.126. The van der Waals surface area contributed by atoms with Crippen LogP contribution in [0.3, 0.4) is 0 Å². The third-order valence-corrected chi connectivity index (χ3v) is 3.66. The minimum atomic E-state index is -0.224. The first-order chi connectivity index (χ1) is 8.58. The summed E-state index contributed by atoms with van der Waals surface area (Å²) in [6.07, 6.45) is 0.928. The number of rotatable bonds is 2. The molecule has 0 saturated carbocycles. The Morgan fingerprint density at radius 2 is 2.17 bits per heavy atom. The Labute approximate surface area is 115 Å². The zero-order valence-corrected chi connectivity index (χ0v) is 11.0. The van der Waals surface area contributed by atoms with E-state index in [1.54, 1.807) is 18.2 Å². The largest absolute Gasteiger partial charge is 0.355 e. The maximum absolute atomic E-state index is 12.0. The van der Waals surface area contributed by atoms with E-state index in [0.29, 0.717) is 35.1 Å². The Hall–Kier alpha value is -1.26. The van der Waals surface area contributed by atoms with Gasteiger partial charge in [0.15, 0.2) is 0 Å². The fourth-order valence-electron chi connectivity index (χ4n) is 1.79. The van der Waals surface area contributed by atoms with Crippen LogP contribution in [0.1, 0.15) is 12.8 Å². The van der Waals surface area contributed by atoms with Crippen molar-refractivity contribution in [1.82, 2.24) is 5.32 Å². The van der Waals surface area contributed by atoms with Gasteiger partial charge in [-0.05, 0) is 18.6 Å². The molecule has 1 unspecified atom stereocenters. The average Bonchev–Trinajstić information content (AvgIpc) is 2.36. The number of piperidine rings is 1. The van der Waals surface area contributed by atoms with E-state index in [4.69, 9.17) is 23.2 Å². The molecule has 0 spiro atoms. The molecule has 0 aromatic heterocycles. The van der Waals surface area contributed by atoms with Crippen LogP contribution in [-0.4, -0.2) is 18.4 Å². The van der Waals surface area contributed by atoms with Crippen molar-refractivity contribution >= 4 is 40.7 Å². The van der Waals surface area contributed by atoms with Gasteiger partial charge in [-0.15, -0.1) is 0 Å². The van der Waals surface area contributed by atoms with E-state index in [1.165, 1.54) is 0 Å². The SMILES string of the molecule is O=C1CCC(C(=O)Nc2cccc(Cl)c2Cl)CN1. The third kappa shape index (κ3) is 2.94. The molecule has 6 heteroatoms. The molecule has 4 nitrogen and oxygen atoms in total. The van der Waals surface area contributed by atoms with Crippen LogP contribution in [0.5, 0.6) is 0 Å². The lowest BCUT2D eigenvalue weighted by Gasteiger charge is -2.21. The van der Waals surface area contributed by atoms with Gasteiger partial charge in [-0.25, -0.2) is 0 Å². The van der Waals surface area contributed by atoms with E-state index in [0.717, 1.165) is 0 Å². The summed E-state index contributed by atoms with van der Waals surface area (Å²) in [6, 6.07) is 5.06. The predicted molar refractivity (Wildman–Crippen MR) is 70.8 cm³/mol. The summed E-state index contributed by atoms with van der Waals surface area (Å²) in [7, 11) is 0. The Morgan fingerprint density at radius 3 is 2.83 bits per heavy atom. The number of halogens is 2. The molecular formula is C12H12Cl2N2O2. The van der Waals surface area contributed by atoms with Crippen LogP contribution in [-0.2, 0) is 9.59 Å². The minimum Gasteiger partial charge on any atom is -0.355 e. The third-order valence-electron chi connectivity index (χ3n) is 2.85. The van der Waals surface area contributed by atoms with Gasteiger partial charge in [-0.3, -0.25) is 9.59 Å². The van der Waals surface area contributed by atoms with E-state index in [-0.39, 0.29) is 17.7 Å². The second-order valence-electron chi connectivity index (χ2n) is 4.13. The highest BCUT2D eigenvalue weighted by Crippen LogP contribution is 2.30. The highest BCUT2D eigenvalue weighted by molar-refractivity contribution is 6.44. The number of carbonyl (C=O) groups is 2. The van der Waals surface area contributed by atoms with Crippen molar-refractivity contribution in [2.75, 3.05) is 11.9 Å². The van der Waals surface area contributed by atoms with Crippen molar-refractivity contribution in [3.05, 3.63) is 28.2 Å². The second-order valence-corrected chi connectivity index (χ2v) is 4.92. The van der Waals surface area contributed by atoms with E-state index >= 15 is 0 Å². The fourth-order valence-corrected chi connectivity index (χ4v) is 2.14. The smallest absolute Gasteiger partial charge is 0.229 e. The molecular weight excluding hydrogens is 275 g/mol. The molecule has 0 radical (unpaired) electrons. The number of amides is 2. The van der Waals surface area contributed by atoms with Crippen LogP contribution in [0, 0.1) is 5.92 Å². The molecule has 1 heterocycles. The molecule has 2 rings (SSSR count). The first kappa shape index (κ1) is 13.2.